The van der Waals surface area contributed by atoms with Crippen LogP contribution >= 0.6 is 0 Å². The minimum Gasteiger partial charge on any atom is -0.492 e. The molecule has 0 spiro atoms. The van der Waals surface area contributed by atoms with Crippen molar-refractivity contribution in [2.24, 2.45) is 5.92 Å². The Hall–Kier alpha value is -2.04. The second-order valence-electron chi connectivity index (χ2n) is 5.49. The summed E-state index contributed by atoms with van der Waals surface area (Å²) in [5.74, 6) is 0.317. The van der Waals surface area contributed by atoms with Gasteiger partial charge in [-0.15, -0.1) is 0 Å². The first-order valence-corrected chi connectivity index (χ1v) is 7.30. The van der Waals surface area contributed by atoms with Crippen LogP contribution in [0.4, 0.5) is 0 Å². The molecule has 5 heteroatoms. The number of ether oxygens (including phenoxy) is 1. The van der Waals surface area contributed by atoms with Crippen molar-refractivity contribution < 1.29 is 19.4 Å². The molecule has 0 bridgehead atoms. The van der Waals surface area contributed by atoms with E-state index in [0.717, 1.165) is 19.4 Å². The molecule has 1 unspecified atom stereocenters. The molecule has 1 aromatic rings. The Morgan fingerprint density at radius 3 is 3.00 bits per heavy atom. The number of carboxylic acids is 1. The van der Waals surface area contributed by atoms with E-state index in [4.69, 9.17) is 9.84 Å². The summed E-state index contributed by atoms with van der Waals surface area (Å²) >= 11 is 0. The Labute approximate surface area is 124 Å². The monoisotopic (exact) mass is 291 g/mol. The van der Waals surface area contributed by atoms with E-state index < -0.39 is 5.97 Å². The third-order valence-corrected chi connectivity index (χ3v) is 3.81. The molecule has 0 saturated carbocycles. The fourth-order valence-electron chi connectivity index (χ4n) is 2.40. The highest BCUT2D eigenvalue weighted by Gasteiger charge is 2.19. The van der Waals surface area contributed by atoms with E-state index in [9.17, 15) is 9.59 Å². The van der Waals surface area contributed by atoms with Gasteiger partial charge in [0.15, 0.2) is 0 Å². The number of hydrogen-bond donors (Lipinski definition) is 1. The lowest BCUT2D eigenvalue weighted by atomic mass is 10.0. The summed E-state index contributed by atoms with van der Waals surface area (Å²) < 4.78 is 5.56. The summed E-state index contributed by atoms with van der Waals surface area (Å²) in [4.78, 5) is 24.7. The number of carboxylic acid groups (broad SMARTS) is 1. The van der Waals surface area contributed by atoms with Crippen LogP contribution in [-0.2, 0) is 4.79 Å². The molecular weight excluding hydrogens is 270 g/mol. The van der Waals surface area contributed by atoms with Crippen LogP contribution in [0.15, 0.2) is 24.3 Å². The van der Waals surface area contributed by atoms with Crippen LogP contribution in [0.3, 0.4) is 0 Å². The molecule has 5 nitrogen and oxygen atoms in total. The lowest BCUT2D eigenvalue weighted by Crippen LogP contribution is -2.34. The van der Waals surface area contributed by atoms with Crippen molar-refractivity contribution >= 4 is 11.9 Å². The van der Waals surface area contributed by atoms with Crippen LogP contribution in [0.25, 0.3) is 0 Å². The van der Waals surface area contributed by atoms with Crippen LogP contribution < -0.4 is 4.74 Å². The van der Waals surface area contributed by atoms with E-state index in [0.29, 0.717) is 31.2 Å². The minimum atomic E-state index is -0.975. The van der Waals surface area contributed by atoms with Crippen molar-refractivity contribution in [2.75, 3.05) is 19.7 Å². The van der Waals surface area contributed by atoms with E-state index in [1.54, 1.807) is 12.1 Å². The molecule has 1 fully saturated rings. The molecule has 1 N–H and O–H groups in total. The van der Waals surface area contributed by atoms with E-state index >= 15 is 0 Å². The van der Waals surface area contributed by atoms with Crippen LogP contribution in [0.5, 0.6) is 5.75 Å². The molecule has 21 heavy (non-hydrogen) atoms. The fraction of sp³-hybridized carbons (Fsp3) is 0.500. The number of carbonyl (C=O) groups is 2. The van der Waals surface area contributed by atoms with Crippen LogP contribution in [0, 0.1) is 5.92 Å². The average Bonchev–Trinajstić information content (AvgIpc) is 2.63. The molecule has 1 heterocycles. The molecule has 0 radical (unpaired) electrons. The highest BCUT2D eigenvalue weighted by atomic mass is 16.5. The fourth-order valence-corrected chi connectivity index (χ4v) is 2.40. The molecule has 2 rings (SSSR count). The molecule has 1 aromatic carbocycles. The molecule has 1 aliphatic heterocycles. The highest BCUT2D eigenvalue weighted by Crippen LogP contribution is 2.18. The van der Waals surface area contributed by atoms with Crippen molar-refractivity contribution in [3.8, 4) is 5.75 Å². The highest BCUT2D eigenvalue weighted by molar-refractivity contribution is 5.88. The van der Waals surface area contributed by atoms with Crippen molar-refractivity contribution in [3.05, 3.63) is 29.8 Å². The number of nitrogens with zero attached hydrogens (tertiary/aromatic N) is 1. The van der Waals surface area contributed by atoms with Crippen LogP contribution in [0.2, 0.25) is 0 Å². The molecule has 0 aliphatic carbocycles. The molecule has 1 aliphatic rings. The molecule has 114 valence electrons. The van der Waals surface area contributed by atoms with Gasteiger partial charge in [-0.05, 0) is 37.0 Å². The van der Waals surface area contributed by atoms with Gasteiger partial charge < -0.3 is 14.7 Å². The standard InChI is InChI=1S/C16H21NO4/c1-12-5-6-15(18)17(8-7-12)9-10-21-14-4-2-3-13(11-14)16(19)20/h2-4,11-12H,5-10H2,1H3,(H,19,20). The van der Waals surface area contributed by atoms with E-state index in [1.165, 1.54) is 12.1 Å². The van der Waals surface area contributed by atoms with E-state index in [1.807, 2.05) is 4.90 Å². The SMILES string of the molecule is CC1CCC(=O)N(CCOc2cccc(C(=O)O)c2)CC1. The Kier molecular flexibility index (Phi) is 5.20. The zero-order valence-corrected chi connectivity index (χ0v) is 12.2. The van der Waals surface area contributed by atoms with Gasteiger partial charge >= 0.3 is 5.97 Å². The Balaban J connectivity index is 1.84. The van der Waals surface area contributed by atoms with Crippen molar-refractivity contribution in [2.45, 2.75) is 26.2 Å². The first kappa shape index (κ1) is 15.4. The topological polar surface area (TPSA) is 66.8 Å². The van der Waals surface area contributed by atoms with Gasteiger partial charge in [0, 0.05) is 13.0 Å². The lowest BCUT2D eigenvalue weighted by Gasteiger charge is -2.20. The third-order valence-electron chi connectivity index (χ3n) is 3.81. The quantitative estimate of drug-likeness (QED) is 0.904. The van der Waals surface area contributed by atoms with Crippen LogP contribution in [0.1, 0.15) is 36.5 Å². The first-order valence-electron chi connectivity index (χ1n) is 7.30. The number of aromatic carboxylic acids is 1. The maximum atomic E-state index is 11.9. The van der Waals surface area contributed by atoms with Gasteiger partial charge in [-0.1, -0.05) is 13.0 Å². The maximum Gasteiger partial charge on any atom is 0.335 e. The Morgan fingerprint density at radius 1 is 1.43 bits per heavy atom. The zero-order valence-electron chi connectivity index (χ0n) is 12.2. The number of carbonyl (C=O) groups excluding carboxylic acids is 1. The molecule has 1 saturated heterocycles. The Bertz CT molecular complexity index is 515. The van der Waals surface area contributed by atoms with Gasteiger partial charge in [-0.2, -0.15) is 0 Å². The summed E-state index contributed by atoms with van der Waals surface area (Å²) in [6, 6.07) is 6.39. The smallest absolute Gasteiger partial charge is 0.335 e. The zero-order chi connectivity index (χ0) is 15.2. The summed E-state index contributed by atoms with van der Waals surface area (Å²) in [6.45, 7) is 3.87. The largest absolute Gasteiger partial charge is 0.492 e. The van der Waals surface area contributed by atoms with Gasteiger partial charge in [-0.3, -0.25) is 4.79 Å². The van der Waals surface area contributed by atoms with E-state index in [2.05, 4.69) is 6.92 Å². The number of amides is 1. The number of likely N-dealkylation sites (tertiary alicyclic amines) is 1. The van der Waals surface area contributed by atoms with Gasteiger partial charge in [0.1, 0.15) is 12.4 Å². The van der Waals surface area contributed by atoms with Crippen molar-refractivity contribution in [3.63, 3.8) is 0 Å². The summed E-state index contributed by atoms with van der Waals surface area (Å²) in [7, 11) is 0. The summed E-state index contributed by atoms with van der Waals surface area (Å²) in [5.41, 5.74) is 0.201. The van der Waals surface area contributed by atoms with Gasteiger partial charge in [0.2, 0.25) is 5.91 Å². The third kappa shape index (κ3) is 4.48. The predicted octanol–water partition coefficient (Wildman–Crippen LogP) is 2.41. The average molecular weight is 291 g/mol. The molecule has 0 aromatic heterocycles. The lowest BCUT2D eigenvalue weighted by molar-refractivity contribution is -0.131. The molecule has 1 amide bonds. The van der Waals surface area contributed by atoms with Crippen molar-refractivity contribution in [1.29, 1.82) is 0 Å². The maximum absolute atomic E-state index is 11.9. The van der Waals surface area contributed by atoms with Crippen LogP contribution in [-0.4, -0.2) is 41.6 Å². The van der Waals surface area contributed by atoms with Crippen molar-refractivity contribution in [1.82, 2.24) is 4.90 Å². The first-order chi connectivity index (χ1) is 10.1. The summed E-state index contributed by atoms with van der Waals surface area (Å²) in [6.07, 6.45) is 2.59. The van der Waals surface area contributed by atoms with Gasteiger partial charge in [-0.25, -0.2) is 4.79 Å². The second-order valence-corrected chi connectivity index (χ2v) is 5.49. The second kappa shape index (κ2) is 7.11. The number of benzene rings is 1. The molecule has 1 atom stereocenters. The van der Waals surface area contributed by atoms with Gasteiger partial charge in [0.05, 0.1) is 12.1 Å². The number of hydrogen-bond acceptors (Lipinski definition) is 3. The molecular formula is C16H21NO4. The predicted molar refractivity (Wildman–Crippen MR) is 78.5 cm³/mol. The minimum absolute atomic E-state index is 0.183. The summed E-state index contributed by atoms with van der Waals surface area (Å²) in [5, 5.41) is 8.92. The van der Waals surface area contributed by atoms with E-state index in [-0.39, 0.29) is 11.5 Å². The van der Waals surface area contributed by atoms with Gasteiger partial charge in [0.25, 0.3) is 0 Å². The Morgan fingerprint density at radius 2 is 2.24 bits per heavy atom. The normalized spacial score (nSPS) is 19.2. The number of rotatable bonds is 5.